The summed E-state index contributed by atoms with van der Waals surface area (Å²) in [5, 5.41) is 3.96. The third kappa shape index (κ3) is 4.69. The van der Waals surface area contributed by atoms with Crippen molar-refractivity contribution in [1.29, 1.82) is 0 Å². The lowest BCUT2D eigenvalue weighted by molar-refractivity contribution is 0.0656. The fraction of sp³-hybridized carbons (Fsp3) is 0.240. The molecule has 33 heavy (non-hydrogen) atoms. The number of hydrogen-bond donors (Lipinski definition) is 0. The summed E-state index contributed by atoms with van der Waals surface area (Å²) in [5.41, 5.74) is 1.95. The Bertz CT molecular complexity index is 1270. The zero-order chi connectivity index (χ0) is 22.8. The summed E-state index contributed by atoms with van der Waals surface area (Å²) in [6.07, 6.45) is 3.76. The van der Waals surface area contributed by atoms with Crippen LogP contribution in [0.3, 0.4) is 0 Å². The van der Waals surface area contributed by atoms with Crippen molar-refractivity contribution in [3.63, 3.8) is 0 Å². The van der Waals surface area contributed by atoms with Crippen LogP contribution >= 0.6 is 0 Å². The van der Waals surface area contributed by atoms with Crippen molar-refractivity contribution in [2.75, 3.05) is 13.1 Å². The van der Waals surface area contributed by atoms with Gasteiger partial charge in [-0.3, -0.25) is 4.79 Å². The van der Waals surface area contributed by atoms with Crippen molar-refractivity contribution in [3.05, 3.63) is 95.4 Å². The van der Waals surface area contributed by atoms with E-state index in [2.05, 4.69) is 10.1 Å². The average Bonchev–Trinajstić information content (AvgIpc) is 3.50. The minimum atomic E-state index is -0.344. The number of hydrogen-bond acceptors (Lipinski definition) is 5. The summed E-state index contributed by atoms with van der Waals surface area (Å²) in [6, 6.07) is 13.8. The Morgan fingerprint density at radius 3 is 2.76 bits per heavy atom. The Labute approximate surface area is 188 Å². The second kappa shape index (κ2) is 8.97. The molecule has 0 radical (unpaired) electrons. The van der Waals surface area contributed by atoms with Gasteiger partial charge >= 0.3 is 0 Å². The van der Waals surface area contributed by atoms with E-state index in [1.165, 1.54) is 24.3 Å². The normalized spacial score (nSPS) is 16.2. The van der Waals surface area contributed by atoms with E-state index in [4.69, 9.17) is 8.94 Å². The Balaban J connectivity index is 1.26. The van der Waals surface area contributed by atoms with Gasteiger partial charge in [0.15, 0.2) is 5.89 Å². The largest absolute Gasteiger partial charge is 0.445 e. The van der Waals surface area contributed by atoms with Gasteiger partial charge in [-0.1, -0.05) is 17.3 Å². The van der Waals surface area contributed by atoms with Crippen molar-refractivity contribution < 1.29 is 22.5 Å². The van der Waals surface area contributed by atoms with Gasteiger partial charge in [-0.15, -0.1) is 0 Å². The van der Waals surface area contributed by atoms with Gasteiger partial charge in [0.05, 0.1) is 12.1 Å². The lowest BCUT2D eigenvalue weighted by Crippen LogP contribution is -2.39. The van der Waals surface area contributed by atoms with E-state index in [-0.39, 0.29) is 29.2 Å². The first kappa shape index (κ1) is 21.1. The van der Waals surface area contributed by atoms with E-state index in [0.29, 0.717) is 42.4 Å². The predicted octanol–water partition coefficient (Wildman–Crippen LogP) is 5.22. The number of nitrogens with zero attached hydrogens (tertiary/aromatic N) is 3. The van der Waals surface area contributed by atoms with Crippen LogP contribution in [0.25, 0.3) is 11.3 Å². The van der Waals surface area contributed by atoms with Crippen LogP contribution in [0.15, 0.2) is 69.7 Å². The fourth-order valence-electron chi connectivity index (χ4n) is 4.09. The Hall–Kier alpha value is -3.81. The molecule has 1 aliphatic heterocycles. The first-order valence-electron chi connectivity index (χ1n) is 10.8. The lowest BCUT2D eigenvalue weighted by Gasteiger charge is -2.30. The van der Waals surface area contributed by atoms with Crippen LogP contribution in [0, 0.1) is 11.6 Å². The molecule has 1 aliphatic rings. The van der Waals surface area contributed by atoms with E-state index >= 15 is 0 Å². The Kier molecular flexibility index (Phi) is 5.73. The summed E-state index contributed by atoms with van der Waals surface area (Å²) in [6.45, 7) is 1.05. The van der Waals surface area contributed by atoms with Gasteiger partial charge in [0.1, 0.15) is 23.1 Å². The van der Waals surface area contributed by atoms with Crippen LogP contribution < -0.4 is 0 Å². The van der Waals surface area contributed by atoms with E-state index in [0.717, 1.165) is 18.4 Å². The molecule has 3 heterocycles. The number of carbonyl (C=O) groups excluding carboxylic acids is 1. The highest BCUT2D eigenvalue weighted by molar-refractivity contribution is 5.92. The number of aromatic nitrogens is 2. The quantitative estimate of drug-likeness (QED) is 0.418. The topological polar surface area (TPSA) is 72.4 Å². The molecule has 0 unspecified atom stereocenters. The van der Waals surface area contributed by atoms with Crippen molar-refractivity contribution in [2.24, 2.45) is 0 Å². The second-order valence-corrected chi connectivity index (χ2v) is 8.15. The number of oxazole rings is 1. The molecular weight excluding hydrogens is 428 g/mol. The molecule has 2 aromatic heterocycles. The Morgan fingerprint density at radius 2 is 1.94 bits per heavy atom. The molecule has 0 bridgehead atoms. The summed E-state index contributed by atoms with van der Waals surface area (Å²) in [7, 11) is 0. The molecule has 2 aromatic carbocycles. The number of piperidine rings is 1. The number of rotatable bonds is 5. The first-order chi connectivity index (χ1) is 16.0. The van der Waals surface area contributed by atoms with Crippen LogP contribution in [0.2, 0.25) is 0 Å². The molecule has 0 aliphatic carbocycles. The third-order valence-corrected chi connectivity index (χ3v) is 5.76. The van der Waals surface area contributed by atoms with Gasteiger partial charge in [0.2, 0.25) is 5.76 Å². The summed E-state index contributed by atoms with van der Waals surface area (Å²) >= 11 is 0. The van der Waals surface area contributed by atoms with E-state index in [1.807, 2.05) is 6.07 Å². The maximum absolute atomic E-state index is 13.4. The molecule has 168 valence electrons. The second-order valence-electron chi connectivity index (χ2n) is 8.15. The van der Waals surface area contributed by atoms with Crippen molar-refractivity contribution >= 4 is 5.91 Å². The van der Waals surface area contributed by atoms with E-state index in [9.17, 15) is 13.6 Å². The fourth-order valence-corrected chi connectivity index (χ4v) is 4.09. The molecule has 0 N–H and O–H groups in total. The smallest absolute Gasteiger partial charge is 0.292 e. The molecule has 8 heteroatoms. The molecule has 1 fully saturated rings. The molecular formula is C25H21F2N3O3. The van der Waals surface area contributed by atoms with Gasteiger partial charge < -0.3 is 13.8 Å². The third-order valence-electron chi connectivity index (χ3n) is 5.76. The van der Waals surface area contributed by atoms with Crippen molar-refractivity contribution in [1.82, 2.24) is 15.0 Å². The van der Waals surface area contributed by atoms with Gasteiger partial charge in [-0.05, 0) is 54.8 Å². The first-order valence-corrected chi connectivity index (χ1v) is 10.8. The number of likely N-dealkylation sites (tertiary alicyclic amines) is 1. The zero-order valence-corrected chi connectivity index (χ0v) is 17.7. The Morgan fingerprint density at radius 1 is 1.09 bits per heavy atom. The van der Waals surface area contributed by atoms with E-state index < -0.39 is 0 Å². The highest BCUT2D eigenvalue weighted by atomic mass is 19.1. The standard InChI is InChI=1S/C25H21F2N3O3/c26-19-8-6-17(7-9-19)22-13-23(33-29-22)25(31)30-10-2-4-18(15-30)24-28-14-21(32-24)12-16-3-1-5-20(27)11-16/h1,3,5-9,11,13-14,18H,2,4,10,12,15H2/t18-/m1/s1. The molecule has 0 spiro atoms. The molecule has 1 amide bonds. The van der Waals surface area contributed by atoms with Crippen LogP contribution in [0.4, 0.5) is 8.78 Å². The maximum atomic E-state index is 13.4. The van der Waals surface area contributed by atoms with Crippen molar-refractivity contribution in [3.8, 4) is 11.3 Å². The SMILES string of the molecule is O=C(c1cc(-c2ccc(F)cc2)no1)N1CCC[C@@H](c2ncc(Cc3cccc(F)c3)o2)C1. The van der Waals surface area contributed by atoms with Gasteiger partial charge in [-0.25, -0.2) is 13.8 Å². The molecule has 0 saturated carbocycles. The highest BCUT2D eigenvalue weighted by Crippen LogP contribution is 2.29. The molecule has 5 rings (SSSR count). The van der Waals surface area contributed by atoms with Crippen molar-refractivity contribution in [2.45, 2.75) is 25.2 Å². The maximum Gasteiger partial charge on any atom is 0.292 e. The van der Waals surface area contributed by atoms with Crippen LogP contribution in [-0.2, 0) is 6.42 Å². The average molecular weight is 449 g/mol. The van der Waals surface area contributed by atoms with Gasteiger partial charge in [-0.2, -0.15) is 0 Å². The monoisotopic (exact) mass is 449 g/mol. The molecule has 6 nitrogen and oxygen atoms in total. The van der Waals surface area contributed by atoms with E-state index in [1.54, 1.807) is 35.4 Å². The summed E-state index contributed by atoms with van der Waals surface area (Å²) in [4.78, 5) is 19.1. The molecule has 1 atom stereocenters. The van der Waals surface area contributed by atoms with Gasteiger partial charge in [0.25, 0.3) is 5.91 Å². The highest BCUT2D eigenvalue weighted by Gasteiger charge is 2.30. The number of carbonyl (C=O) groups is 1. The number of benzene rings is 2. The summed E-state index contributed by atoms with van der Waals surface area (Å²) < 4.78 is 37.8. The van der Waals surface area contributed by atoms with Crippen LogP contribution in [0.1, 0.15) is 46.5 Å². The summed E-state index contributed by atoms with van der Waals surface area (Å²) in [5.74, 6) is 0.429. The van der Waals surface area contributed by atoms with Crippen LogP contribution in [0.5, 0.6) is 0 Å². The van der Waals surface area contributed by atoms with Gasteiger partial charge in [0, 0.05) is 31.1 Å². The zero-order valence-electron chi connectivity index (χ0n) is 17.7. The molecule has 4 aromatic rings. The lowest BCUT2D eigenvalue weighted by atomic mass is 9.98. The van der Waals surface area contributed by atoms with Crippen LogP contribution in [-0.4, -0.2) is 34.0 Å². The number of amides is 1. The number of halogens is 2. The minimum absolute atomic E-state index is 0.0385. The minimum Gasteiger partial charge on any atom is -0.445 e. The predicted molar refractivity (Wildman–Crippen MR) is 115 cm³/mol. The molecule has 1 saturated heterocycles.